The van der Waals surface area contributed by atoms with E-state index in [2.05, 4.69) is 5.32 Å². The Bertz CT molecular complexity index is 836. The molecule has 0 radical (unpaired) electrons. The second-order valence-corrected chi connectivity index (χ2v) is 7.35. The summed E-state index contributed by atoms with van der Waals surface area (Å²) in [7, 11) is 1.94. The summed E-state index contributed by atoms with van der Waals surface area (Å²) in [6, 6.07) is 20.4. The van der Waals surface area contributed by atoms with Gasteiger partial charge in [0.1, 0.15) is 12.4 Å². The van der Waals surface area contributed by atoms with E-state index in [4.69, 9.17) is 0 Å². The van der Waals surface area contributed by atoms with Gasteiger partial charge in [-0.15, -0.1) is 11.3 Å². The molecule has 0 aliphatic carbocycles. The molecule has 3 rings (SSSR count). The molecule has 2 atom stereocenters. The molecular weight excluding hydrogens is 347 g/mol. The fourth-order valence-electron chi connectivity index (χ4n) is 2.96. The molecule has 5 heteroatoms. The molecule has 0 spiro atoms. The maximum atomic E-state index is 13.3. The minimum Gasteiger partial charge on any atom is -0.339 e. The Morgan fingerprint density at radius 1 is 1.12 bits per heavy atom. The molecule has 3 aromatic rings. The van der Waals surface area contributed by atoms with E-state index in [-0.39, 0.29) is 17.8 Å². The number of hydrogen-bond acceptors (Lipinski definition) is 2. The van der Waals surface area contributed by atoms with Crippen LogP contribution < -0.4 is 10.2 Å². The van der Waals surface area contributed by atoms with Gasteiger partial charge in [0.2, 0.25) is 0 Å². The van der Waals surface area contributed by atoms with Gasteiger partial charge in [0.05, 0.1) is 13.1 Å². The lowest BCUT2D eigenvalue weighted by molar-refractivity contribution is -0.885. The first-order chi connectivity index (χ1) is 12.6. The van der Waals surface area contributed by atoms with E-state index in [1.54, 1.807) is 17.4 Å². The summed E-state index contributed by atoms with van der Waals surface area (Å²) in [5, 5.41) is 5.15. The number of hydrogen-bond donors (Lipinski definition) is 2. The summed E-state index contributed by atoms with van der Waals surface area (Å²) in [5.74, 6) is -0.275. The van der Waals surface area contributed by atoms with Crippen molar-refractivity contribution in [2.45, 2.75) is 12.6 Å². The van der Waals surface area contributed by atoms with E-state index in [1.807, 2.05) is 61.0 Å². The van der Waals surface area contributed by atoms with Crippen LogP contribution in [0, 0.1) is 5.82 Å². The molecule has 134 valence electrons. The van der Waals surface area contributed by atoms with Crippen molar-refractivity contribution in [3.63, 3.8) is 0 Å². The summed E-state index contributed by atoms with van der Waals surface area (Å²) in [5.41, 5.74) is 1.94. The summed E-state index contributed by atoms with van der Waals surface area (Å²) < 4.78 is 13.3. The van der Waals surface area contributed by atoms with Crippen LogP contribution in [0.2, 0.25) is 0 Å². The monoisotopic (exact) mass is 369 g/mol. The second kappa shape index (κ2) is 8.74. The maximum absolute atomic E-state index is 13.3. The molecule has 26 heavy (non-hydrogen) atoms. The Balaban J connectivity index is 1.64. The first-order valence-electron chi connectivity index (χ1n) is 8.55. The van der Waals surface area contributed by atoms with Gasteiger partial charge in [0.25, 0.3) is 5.91 Å². The minimum absolute atomic E-state index is 0.0267. The number of carbonyl (C=O) groups is 1. The standard InChI is InChI=1S/C21H21FN2OS/c1-24(14-16-7-5-10-18(22)13-16)15-20(25)23-21(19-11-6-12-26-19)17-8-3-2-4-9-17/h2-13,21H,14-15H2,1H3,(H,23,25)/p+1/t21-/m1/s1. The van der Waals surface area contributed by atoms with Crippen molar-refractivity contribution in [1.29, 1.82) is 0 Å². The molecule has 2 N–H and O–H groups in total. The van der Waals surface area contributed by atoms with Crippen molar-refractivity contribution in [2.75, 3.05) is 13.6 Å². The number of amides is 1. The average Bonchev–Trinajstić information content (AvgIpc) is 3.14. The first kappa shape index (κ1) is 18.3. The zero-order chi connectivity index (χ0) is 18.4. The predicted molar refractivity (Wildman–Crippen MR) is 103 cm³/mol. The number of benzene rings is 2. The highest BCUT2D eigenvalue weighted by Crippen LogP contribution is 2.25. The van der Waals surface area contributed by atoms with Gasteiger partial charge in [0, 0.05) is 10.4 Å². The number of carbonyl (C=O) groups excluding carboxylic acids is 1. The molecular formula is C21H22FN2OS+. The highest BCUT2D eigenvalue weighted by molar-refractivity contribution is 7.10. The van der Waals surface area contributed by atoms with E-state index >= 15 is 0 Å². The second-order valence-electron chi connectivity index (χ2n) is 6.37. The fraction of sp³-hybridized carbons (Fsp3) is 0.190. The fourth-order valence-corrected chi connectivity index (χ4v) is 3.77. The Hall–Kier alpha value is -2.50. The van der Waals surface area contributed by atoms with Gasteiger partial charge in [-0.1, -0.05) is 48.5 Å². The van der Waals surface area contributed by atoms with Crippen LogP contribution in [-0.2, 0) is 11.3 Å². The summed E-state index contributed by atoms with van der Waals surface area (Å²) in [6.45, 7) is 0.922. The van der Waals surface area contributed by atoms with Crippen LogP contribution in [0.4, 0.5) is 4.39 Å². The van der Waals surface area contributed by atoms with Crippen LogP contribution in [0.5, 0.6) is 0 Å². The van der Waals surface area contributed by atoms with Gasteiger partial charge < -0.3 is 10.2 Å². The van der Waals surface area contributed by atoms with Crippen molar-refractivity contribution in [3.05, 3.63) is 93.9 Å². The molecule has 2 aromatic carbocycles. The van der Waals surface area contributed by atoms with Crippen LogP contribution in [0.3, 0.4) is 0 Å². The van der Waals surface area contributed by atoms with E-state index in [9.17, 15) is 9.18 Å². The van der Waals surface area contributed by atoms with Crippen LogP contribution in [0.25, 0.3) is 0 Å². The van der Waals surface area contributed by atoms with Crippen molar-refractivity contribution in [1.82, 2.24) is 5.32 Å². The molecule has 1 heterocycles. The Morgan fingerprint density at radius 3 is 2.62 bits per heavy atom. The molecule has 0 fully saturated rings. The highest BCUT2D eigenvalue weighted by Gasteiger charge is 2.20. The Labute approximate surface area is 157 Å². The van der Waals surface area contributed by atoms with Crippen molar-refractivity contribution >= 4 is 17.2 Å². The third kappa shape index (κ3) is 5.00. The average molecular weight is 369 g/mol. The van der Waals surface area contributed by atoms with Crippen LogP contribution in [0.15, 0.2) is 72.1 Å². The molecule has 1 aromatic heterocycles. The highest BCUT2D eigenvalue weighted by atomic mass is 32.1. The quantitative estimate of drug-likeness (QED) is 0.660. The van der Waals surface area contributed by atoms with E-state index in [1.165, 1.54) is 12.1 Å². The number of quaternary nitrogens is 1. The number of thiophene rings is 1. The summed E-state index contributed by atoms with van der Waals surface area (Å²) >= 11 is 1.63. The molecule has 1 amide bonds. The van der Waals surface area contributed by atoms with Gasteiger partial charge in [0.15, 0.2) is 6.54 Å². The molecule has 0 saturated carbocycles. The van der Waals surface area contributed by atoms with E-state index < -0.39 is 0 Å². The van der Waals surface area contributed by atoms with Gasteiger partial charge in [-0.05, 0) is 29.1 Å². The summed E-state index contributed by atoms with van der Waals surface area (Å²) in [4.78, 5) is 14.7. The lowest BCUT2D eigenvalue weighted by Crippen LogP contribution is -3.08. The van der Waals surface area contributed by atoms with Crippen molar-refractivity contribution < 1.29 is 14.1 Å². The van der Waals surface area contributed by atoms with Crippen molar-refractivity contribution in [3.8, 4) is 0 Å². The zero-order valence-corrected chi connectivity index (χ0v) is 15.4. The molecule has 0 aliphatic rings. The third-order valence-corrected chi connectivity index (χ3v) is 5.06. The number of rotatable bonds is 7. The first-order valence-corrected chi connectivity index (χ1v) is 9.43. The normalized spacial score (nSPS) is 13.2. The van der Waals surface area contributed by atoms with Crippen molar-refractivity contribution in [2.24, 2.45) is 0 Å². The SMILES string of the molecule is C[NH+](CC(=O)N[C@H](c1ccccc1)c1cccs1)Cc1cccc(F)c1. The maximum Gasteiger partial charge on any atom is 0.275 e. The smallest absolute Gasteiger partial charge is 0.275 e. The van der Waals surface area contributed by atoms with Crippen LogP contribution in [0.1, 0.15) is 22.0 Å². The Kier molecular flexibility index (Phi) is 6.15. The van der Waals surface area contributed by atoms with E-state index in [0.29, 0.717) is 13.1 Å². The third-order valence-electron chi connectivity index (χ3n) is 4.12. The van der Waals surface area contributed by atoms with Crippen LogP contribution >= 0.6 is 11.3 Å². The van der Waals surface area contributed by atoms with Gasteiger partial charge in [-0.3, -0.25) is 4.79 Å². The van der Waals surface area contributed by atoms with E-state index in [0.717, 1.165) is 20.9 Å². The largest absolute Gasteiger partial charge is 0.339 e. The summed E-state index contributed by atoms with van der Waals surface area (Å²) in [6.07, 6.45) is 0. The van der Waals surface area contributed by atoms with Gasteiger partial charge >= 0.3 is 0 Å². The predicted octanol–water partition coefficient (Wildman–Crippen LogP) is 2.81. The topological polar surface area (TPSA) is 33.5 Å². The lowest BCUT2D eigenvalue weighted by Gasteiger charge is -2.20. The molecule has 0 saturated heterocycles. The Morgan fingerprint density at radius 2 is 1.92 bits per heavy atom. The molecule has 0 aliphatic heterocycles. The lowest BCUT2D eigenvalue weighted by atomic mass is 10.1. The zero-order valence-electron chi connectivity index (χ0n) is 14.6. The number of likely N-dealkylation sites (N-methyl/N-ethyl adjacent to an activating group) is 1. The molecule has 0 bridgehead atoms. The number of halogens is 1. The number of nitrogens with one attached hydrogen (secondary N) is 2. The molecule has 1 unspecified atom stereocenters. The minimum atomic E-state index is -0.249. The van der Waals surface area contributed by atoms with Crippen LogP contribution in [-0.4, -0.2) is 19.5 Å². The molecule has 3 nitrogen and oxygen atoms in total. The van der Waals surface area contributed by atoms with Gasteiger partial charge in [-0.2, -0.15) is 0 Å². The van der Waals surface area contributed by atoms with Gasteiger partial charge in [-0.25, -0.2) is 4.39 Å².